The van der Waals surface area contributed by atoms with E-state index in [4.69, 9.17) is 28.8 Å². The number of aliphatic hydroxyl groups excluding tert-OH is 9. The molecule has 1 aliphatic carbocycles. The highest BCUT2D eigenvalue weighted by atomic mass is 16.8. The number of hydrogen-bond donors (Lipinski definition) is 11. The van der Waals surface area contributed by atoms with Crippen molar-refractivity contribution in [1.29, 1.82) is 0 Å². The molecule has 1 aromatic carbocycles. The molecule has 0 bridgehead atoms. The molecule has 1 aromatic rings. The first-order chi connectivity index (χ1) is 23.2. The number of aromatic hydroxyl groups is 2. The van der Waals surface area contributed by atoms with Gasteiger partial charge in [0.05, 0.1) is 25.7 Å². The molecule has 18 heteroatoms. The Bertz CT molecular complexity index is 1340. The number of carbonyl (C=O) groups is 2. The van der Waals surface area contributed by atoms with Crippen molar-refractivity contribution in [2.75, 3.05) is 26.4 Å². The van der Waals surface area contributed by atoms with Gasteiger partial charge in [-0.05, 0) is 41.7 Å². The van der Waals surface area contributed by atoms with E-state index in [1.165, 1.54) is 24.3 Å². The van der Waals surface area contributed by atoms with E-state index >= 15 is 0 Å². The molecule has 3 aliphatic rings. The Morgan fingerprint density at radius 3 is 2.31 bits per heavy atom. The van der Waals surface area contributed by atoms with Gasteiger partial charge in [-0.3, -0.25) is 4.79 Å². The fourth-order valence-corrected chi connectivity index (χ4v) is 5.98. The molecular weight excluding hydrogens is 660 g/mol. The minimum Gasteiger partial charge on any atom is -0.504 e. The molecule has 4 rings (SSSR count). The molecule has 1 unspecified atom stereocenters. The van der Waals surface area contributed by atoms with E-state index in [1.807, 2.05) is 0 Å². The fraction of sp³-hybridized carbons (Fsp3) is 0.613. The van der Waals surface area contributed by atoms with E-state index in [2.05, 4.69) is 6.58 Å². The van der Waals surface area contributed by atoms with Crippen molar-refractivity contribution in [3.8, 4) is 11.5 Å². The standard InChI is InChI=1S/C31H42O18/c1-12-20(47-22(38)5-3-13-2-4-16(34)17(35)6-13)7-14-15(29(44)45-11-19(37)25(40)24(39)18(36)8-32)10-46-30(23(12)14)49-31-28(43)27(42)26(41)21(9-33)48-31/h2-6,14-15,18-21,23-28,30-37,39-43H,1,7-11H2/b5-3+/t14-,15?,18+,19+,20-,21+,23+,24+,25+,26+,27-,28+,30+,31-/m0/s1. The normalized spacial score (nSPS) is 34.2. The lowest BCUT2D eigenvalue weighted by atomic mass is 9.80. The van der Waals surface area contributed by atoms with Gasteiger partial charge in [-0.2, -0.15) is 0 Å². The first kappa shape index (κ1) is 38.6. The van der Waals surface area contributed by atoms with Crippen LogP contribution < -0.4 is 0 Å². The van der Waals surface area contributed by atoms with E-state index in [9.17, 15) is 60.7 Å². The van der Waals surface area contributed by atoms with Crippen LogP contribution in [0.4, 0.5) is 0 Å². The second-order valence-corrected chi connectivity index (χ2v) is 12.1. The van der Waals surface area contributed by atoms with Gasteiger partial charge in [0.15, 0.2) is 24.1 Å². The highest BCUT2D eigenvalue weighted by Crippen LogP contribution is 2.48. The zero-order valence-electron chi connectivity index (χ0n) is 26.0. The van der Waals surface area contributed by atoms with Crippen LogP contribution in [0.1, 0.15) is 12.0 Å². The summed E-state index contributed by atoms with van der Waals surface area (Å²) in [6.45, 7) is 1.17. The Balaban J connectivity index is 1.50. The van der Waals surface area contributed by atoms with Gasteiger partial charge in [0.25, 0.3) is 0 Å². The lowest BCUT2D eigenvalue weighted by molar-refractivity contribution is -0.351. The number of esters is 2. The molecule has 0 aromatic heterocycles. The number of ether oxygens (including phenoxy) is 5. The van der Waals surface area contributed by atoms with Crippen LogP contribution in [0.25, 0.3) is 6.08 Å². The van der Waals surface area contributed by atoms with Crippen LogP contribution in [0.5, 0.6) is 11.5 Å². The molecule has 2 saturated heterocycles. The smallest absolute Gasteiger partial charge is 0.331 e. The minimum absolute atomic E-state index is 0.0205. The molecule has 18 nitrogen and oxygen atoms in total. The van der Waals surface area contributed by atoms with Gasteiger partial charge in [-0.15, -0.1) is 0 Å². The van der Waals surface area contributed by atoms with Gasteiger partial charge in [0.2, 0.25) is 0 Å². The van der Waals surface area contributed by atoms with Crippen LogP contribution in [0.2, 0.25) is 0 Å². The summed E-state index contributed by atoms with van der Waals surface area (Å²) in [5, 5.41) is 108. The Kier molecular flexibility index (Phi) is 13.1. The Morgan fingerprint density at radius 2 is 1.65 bits per heavy atom. The molecule has 49 heavy (non-hydrogen) atoms. The Morgan fingerprint density at radius 1 is 0.959 bits per heavy atom. The van der Waals surface area contributed by atoms with Crippen molar-refractivity contribution >= 4 is 18.0 Å². The van der Waals surface area contributed by atoms with Crippen LogP contribution in [0.3, 0.4) is 0 Å². The quantitative estimate of drug-likeness (QED) is 0.0404. The number of phenols is 2. The average Bonchev–Trinajstić information content (AvgIpc) is 3.41. The summed E-state index contributed by atoms with van der Waals surface area (Å²) in [5.74, 6) is -5.36. The number of rotatable bonds is 13. The number of phenolic OH excluding ortho intramolecular Hbond substituents is 2. The van der Waals surface area contributed by atoms with E-state index < -0.39 is 123 Å². The van der Waals surface area contributed by atoms with Gasteiger partial charge >= 0.3 is 11.9 Å². The SMILES string of the molecule is C=C1[C@H]2[C@@H](O[C@@H]3O[C@H](CO)[C@@H](O)[C@H](O)[C@H]3O)OCC(C(=O)OC[C@@H](O)[C@@H](O)[C@H](O)[C@H](O)CO)[C@@H]2C[C@@H]1OC(=O)/C=C/c1ccc(O)c(O)c1. The molecule has 2 heterocycles. The van der Waals surface area contributed by atoms with Gasteiger partial charge < -0.3 is 79.9 Å². The summed E-state index contributed by atoms with van der Waals surface area (Å²) < 4.78 is 27.9. The van der Waals surface area contributed by atoms with Crippen LogP contribution in [0, 0.1) is 17.8 Å². The first-order valence-corrected chi connectivity index (χ1v) is 15.3. The molecule has 14 atom stereocenters. The van der Waals surface area contributed by atoms with Crippen molar-refractivity contribution in [2.45, 2.75) is 73.9 Å². The molecule has 274 valence electrons. The maximum atomic E-state index is 13.3. The van der Waals surface area contributed by atoms with Gasteiger partial charge in [-0.25, -0.2) is 4.79 Å². The maximum Gasteiger partial charge on any atom is 0.331 e. The number of fused-ring (bicyclic) bond motifs is 1. The molecule has 11 N–H and O–H groups in total. The van der Waals surface area contributed by atoms with E-state index in [0.717, 1.165) is 6.08 Å². The predicted molar refractivity (Wildman–Crippen MR) is 160 cm³/mol. The lowest BCUT2D eigenvalue weighted by Crippen LogP contribution is -2.60. The number of carbonyl (C=O) groups excluding carboxylic acids is 2. The van der Waals surface area contributed by atoms with Crippen molar-refractivity contribution < 1.29 is 89.4 Å². The Hall–Kier alpha value is -3.24. The minimum atomic E-state index is -1.99. The maximum absolute atomic E-state index is 13.3. The van der Waals surface area contributed by atoms with Crippen LogP contribution in [0.15, 0.2) is 36.4 Å². The molecule has 3 fully saturated rings. The molecule has 0 radical (unpaired) electrons. The topological polar surface area (TPSA) is 303 Å². The second kappa shape index (κ2) is 16.6. The van der Waals surface area contributed by atoms with Crippen molar-refractivity contribution in [3.63, 3.8) is 0 Å². The molecule has 2 aliphatic heterocycles. The Labute approximate surface area is 279 Å². The fourth-order valence-electron chi connectivity index (χ4n) is 5.98. The van der Waals surface area contributed by atoms with E-state index in [1.54, 1.807) is 0 Å². The monoisotopic (exact) mass is 702 g/mol. The molecule has 1 saturated carbocycles. The molecular formula is C31H42O18. The largest absolute Gasteiger partial charge is 0.504 e. The highest BCUT2D eigenvalue weighted by Gasteiger charge is 2.55. The summed E-state index contributed by atoms with van der Waals surface area (Å²) >= 11 is 0. The van der Waals surface area contributed by atoms with Gasteiger partial charge in [-0.1, -0.05) is 12.6 Å². The van der Waals surface area contributed by atoms with Crippen LogP contribution in [-0.2, 0) is 33.3 Å². The summed E-state index contributed by atoms with van der Waals surface area (Å²) in [5.41, 5.74) is 0.582. The number of benzene rings is 1. The van der Waals surface area contributed by atoms with Crippen LogP contribution in [-0.4, -0.2) is 162 Å². The summed E-state index contributed by atoms with van der Waals surface area (Å²) in [4.78, 5) is 26.0. The molecule has 0 amide bonds. The zero-order chi connectivity index (χ0) is 36.2. The summed E-state index contributed by atoms with van der Waals surface area (Å²) in [6.07, 6.45) is -15.7. The van der Waals surface area contributed by atoms with E-state index in [-0.39, 0.29) is 24.4 Å². The van der Waals surface area contributed by atoms with Crippen molar-refractivity contribution in [3.05, 3.63) is 42.0 Å². The van der Waals surface area contributed by atoms with Crippen molar-refractivity contribution in [1.82, 2.24) is 0 Å². The third-order valence-electron chi connectivity index (χ3n) is 8.85. The molecule has 0 spiro atoms. The summed E-state index contributed by atoms with van der Waals surface area (Å²) in [6, 6.07) is 3.86. The lowest BCUT2D eigenvalue weighted by Gasteiger charge is -2.44. The van der Waals surface area contributed by atoms with Gasteiger partial charge in [0.1, 0.15) is 61.5 Å². The average molecular weight is 703 g/mol. The number of hydrogen-bond acceptors (Lipinski definition) is 18. The zero-order valence-corrected chi connectivity index (χ0v) is 26.0. The second-order valence-electron chi connectivity index (χ2n) is 12.1. The van der Waals surface area contributed by atoms with Crippen molar-refractivity contribution in [2.24, 2.45) is 17.8 Å². The van der Waals surface area contributed by atoms with Crippen LogP contribution >= 0.6 is 0 Å². The predicted octanol–water partition coefficient (Wildman–Crippen LogP) is -4.02. The third kappa shape index (κ3) is 8.74. The first-order valence-electron chi connectivity index (χ1n) is 15.3. The number of aliphatic hydroxyl groups is 9. The third-order valence-corrected chi connectivity index (χ3v) is 8.85. The van der Waals surface area contributed by atoms with Gasteiger partial charge in [0, 0.05) is 12.0 Å². The summed E-state index contributed by atoms with van der Waals surface area (Å²) in [7, 11) is 0. The highest BCUT2D eigenvalue weighted by molar-refractivity contribution is 5.87. The van der Waals surface area contributed by atoms with E-state index in [0.29, 0.717) is 5.56 Å².